The van der Waals surface area contributed by atoms with Gasteiger partial charge in [-0.05, 0) is 51.3 Å². The lowest BCUT2D eigenvalue weighted by Crippen LogP contribution is -2.61. The Labute approximate surface area is 367 Å². The summed E-state index contributed by atoms with van der Waals surface area (Å²) in [6.45, 7) is 13.8. The molecule has 2 aliphatic carbocycles. The van der Waals surface area contributed by atoms with Gasteiger partial charge in [0.2, 0.25) is 5.91 Å². The van der Waals surface area contributed by atoms with Crippen molar-refractivity contribution in [1.82, 2.24) is 35.2 Å². The van der Waals surface area contributed by atoms with Crippen molar-refractivity contribution in [2.75, 3.05) is 58.4 Å². The average molecular weight is 900 g/mol. The number of hydrogen-bond acceptors (Lipinski definition) is 12. The van der Waals surface area contributed by atoms with Gasteiger partial charge in [0, 0.05) is 80.5 Å². The van der Waals surface area contributed by atoms with Gasteiger partial charge in [-0.15, -0.1) is 22.7 Å². The number of aromatic nitrogens is 3. The number of hydrazine groups is 1. The summed E-state index contributed by atoms with van der Waals surface area (Å²) in [5, 5.41) is 7.86. The second kappa shape index (κ2) is 15.8. The van der Waals surface area contributed by atoms with E-state index in [1.807, 2.05) is 39.3 Å². The van der Waals surface area contributed by atoms with Gasteiger partial charge in [-0.1, -0.05) is 32.4 Å². The van der Waals surface area contributed by atoms with Gasteiger partial charge in [-0.25, -0.2) is 19.2 Å². The number of carbonyl (C=O) groups is 3. The molecule has 4 aromatic rings. The number of anilines is 1. The van der Waals surface area contributed by atoms with Crippen molar-refractivity contribution in [3.63, 3.8) is 0 Å². The van der Waals surface area contributed by atoms with Crippen LogP contribution in [0.4, 0.5) is 14.5 Å². The molecule has 7 heterocycles. The predicted molar refractivity (Wildman–Crippen MR) is 232 cm³/mol. The van der Waals surface area contributed by atoms with Crippen LogP contribution < -0.4 is 15.6 Å². The minimum absolute atomic E-state index is 0.0263. The number of hydrogen-bond donors (Lipinski definition) is 2. The average Bonchev–Trinajstić information content (AvgIpc) is 3.85. The van der Waals surface area contributed by atoms with Crippen LogP contribution in [0, 0.1) is 29.1 Å². The number of pyridine rings is 1. The van der Waals surface area contributed by atoms with Crippen LogP contribution in [0.3, 0.4) is 0 Å². The number of carbonyl (C=O) groups excluding carboxylic acids is 3. The van der Waals surface area contributed by atoms with E-state index < -0.39 is 47.1 Å². The lowest BCUT2D eigenvalue weighted by atomic mass is 9.84. The van der Waals surface area contributed by atoms with Crippen molar-refractivity contribution >= 4 is 68.0 Å². The number of esters is 1. The predicted octanol–water partition coefficient (Wildman–Crippen LogP) is 6.43. The van der Waals surface area contributed by atoms with E-state index in [0.717, 1.165) is 74.5 Å². The van der Waals surface area contributed by atoms with E-state index in [9.17, 15) is 14.4 Å². The number of thiazole rings is 1. The molecule has 7 atom stereocenters. The molecule has 9 rings (SSSR count). The van der Waals surface area contributed by atoms with E-state index in [0.29, 0.717) is 35.1 Å². The zero-order valence-corrected chi connectivity index (χ0v) is 37.9. The monoisotopic (exact) mass is 898 g/mol. The van der Waals surface area contributed by atoms with Gasteiger partial charge in [0.05, 0.1) is 68.4 Å². The first-order valence-electron chi connectivity index (χ1n) is 21.2. The van der Waals surface area contributed by atoms with Gasteiger partial charge in [0.1, 0.15) is 16.9 Å². The van der Waals surface area contributed by atoms with Gasteiger partial charge < -0.3 is 29.2 Å². The number of thiophene rings is 1. The van der Waals surface area contributed by atoms with Gasteiger partial charge in [0.25, 0.3) is 11.8 Å². The number of amides is 2. The number of alkyl halides is 2. The normalized spacial score (nSPS) is 28.0. The van der Waals surface area contributed by atoms with Gasteiger partial charge >= 0.3 is 5.97 Å². The van der Waals surface area contributed by atoms with Crippen molar-refractivity contribution in [3.05, 3.63) is 38.9 Å². The van der Waals surface area contributed by atoms with Crippen LogP contribution in [0.5, 0.6) is 0 Å². The van der Waals surface area contributed by atoms with Crippen LogP contribution in [0.25, 0.3) is 32.0 Å². The van der Waals surface area contributed by atoms with Crippen molar-refractivity contribution in [1.29, 1.82) is 0 Å². The molecule has 2 amide bonds. The fourth-order valence-corrected chi connectivity index (χ4v) is 12.0. The SMILES string of the molecule is CCn1c(-c2cc(N3CCN(C)CC3)cnc2[C@H](C)OC)c2c3c(Cl)c(sc31)-c1csc(n1)C[C@H](NC(=O)[C@H]1C[C@@H]1C)C(=O)N1C[C@H]3[C@@H]([C@H](N1)C(=O)OCC(C)(C)C2)C3(F)F. The number of rotatable bonds is 7. The third-order valence-electron chi connectivity index (χ3n) is 13.3. The molecule has 2 N–H and O–H groups in total. The Kier molecular flexibility index (Phi) is 11.0. The highest BCUT2D eigenvalue weighted by molar-refractivity contribution is 7.23. The summed E-state index contributed by atoms with van der Waals surface area (Å²) in [5.41, 5.74) is 7.35. The quantitative estimate of drug-likeness (QED) is 0.200. The molecule has 3 aliphatic heterocycles. The van der Waals surface area contributed by atoms with Crippen LogP contribution in [0.1, 0.15) is 63.4 Å². The summed E-state index contributed by atoms with van der Waals surface area (Å²) in [4.78, 5) is 58.0. The van der Waals surface area contributed by atoms with Crippen LogP contribution in [-0.2, 0) is 43.2 Å². The van der Waals surface area contributed by atoms with E-state index >= 15 is 8.78 Å². The number of methoxy groups -OCH3 is 1. The van der Waals surface area contributed by atoms with Gasteiger partial charge in [0.15, 0.2) is 0 Å². The van der Waals surface area contributed by atoms with Crippen molar-refractivity contribution in [3.8, 4) is 21.8 Å². The number of cyclic esters (lactones) is 1. The van der Waals surface area contributed by atoms with Crippen molar-refractivity contribution in [2.24, 2.45) is 29.1 Å². The fraction of sp³-hybridized carbons (Fsp3) is 0.605. The molecular formula is C43H53ClF2N8O5S2. The molecule has 2 saturated heterocycles. The van der Waals surface area contributed by atoms with Crippen LogP contribution in [0.2, 0.25) is 5.02 Å². The number of piperazine rings is 1. The lowest BCUT2D eigenvalue weighted by Gasteiger charge is -2.34. The Balaban J connectivity index is 1.19. The lowest BCUT2D eigenvalue weighted by molar-refractivity contribution is -0.156. The van der Waals surface area contributed by atoms with E-state index in [1.165, 1.54) is 11.3 Å². The Morgan fingerprint density at radius 2 is 1.95 bits per heavy atom. The number of ether oxygens (including phenoxy) is 2. The van der Waals surface area contributed by atoms with Gasteiger partial charge in [-0.2, -0.15) is 0 Å². The van der Waals surface area contributed by atoms with Crippen LogP contribution >= 0.6 is 34.3 Å². The molecule has 6 bridgehead atoms. The Hall–Kier alpha value is -3.74. The third kappa shape index (κ3) is 7.64. The van der Waals surface area contributed by atoms with E-state index in [2.05, 4.69) is 45.1 Å². The molecule has 0 spiro atoms. The topological polar surface area (TPSA) is 134 Å². The second-order valence-electron chi connectivity index (χ2n) is 18.3. The molecule has 328 valence electrons. The molecule has 61 heavy (non-hydrogen) atoms. The summed E-state index contributed by atoms with van der Waals surface area (Å²) in [7, 11) is 3.80. The smallest absolute Gasteiger partial charge is 0.325 e. The highest BCUT2D eigenvalue weighted by atomic mass is 35.5. The van der Waals surface area contributed by atoms with E-state index in [-0.39, 0.29) is 43.4 Å². The molecule has 0 aromatic carbocycles. The van der Waals surface area contributed by atoms with Crippen molar-refractivity contribution < 1.29 is 32.6 Å². The molecule has 4 fully saturated rings. The first-order chi connectivity index (χ1) is 29.0. The molecule has 2 saturated carbocycles. The molecular weight excluding hydrogens is 846 g/mol. The minimum atomic E-state index is -3.17. The largest absolute Gasteiger partial charge is 0.464 e. The fourth-order valence-electron chi connectivity index (χ4n) is 9.39. The first kappa shape index (κ1) is 42.6. The first-order valence-corrected chi connectivity index (χ1v) is 23.3. The Bertz CT molecular complexity index is 2390. The third-order valence-corrected chi connectivity index (χ3v) is 15.9. The molecule has 0 radical (unpaired) electrons. The Morgan fingerprint density at radius 3 is 2.64 bits per heavy atom. The van der Waals surface area contributed by atoms with Crippen LogP contribution in [-0.4, -0.2) is 114 Å². The summed E-state index contributed by atoms with van der Waals surface area (Å²) >= 11 is 10.4. The molecule has 18 heteroatoms. The summed E-state index contributed by atoms with van der Waals surface area (Å²) in [6.07, 6.45) is 2.72. The Morgan fingerprint density at radius 1 is 1.21 bits per heavy atom. The summed E-state index contributed by atoms with van der Waals surface area (Å²) in [6, 6.07) is -0.365. The molecule has 4 aromatic heterocycles. The number of likely N-dealkylation sites (N-methyl/N-ethyl adjacent to an activating group) is 1. The maximum Gasteiger partial charge on any atom is 0.325 e. The van der Waals surface area contributed by atoms with E-state index in [1.54, 1.807) is 18.4 Å². The zero-order valence-electron chi connectivity index (χ0n) is 35.5. The van der Waals surface area contributed by atoms with Crippen molar-refractivity contribution in [2.45, 2.75) is 84.5 Å². The minimum Gasteiger partial charge on any atom is -0.464 e. The maximum atomic E-state index is 15.4. The van der Waals surface area contributed by atoms with Crippen LogP contribution in [0.15, 0.2) is 17.6 Å². The zero-order chi connectivity index (χ0) is 43.3. The molecule has 5 aliphatic rings. The molecule has 0 unspecified atom stereocenters. The number of nitrogens with zero attached hydrogens (tertiary/aromatic N) is 6. The van der Waals surface area contributed by atoms with E-state index in [4.69, 9.17) is 31.0 Å². The number of nitrogens with one attached hydrogen (secondary N) is 2. The maximum absolute atomic E-state index is 15.4. The van der Waals surface area contributed by atoms with Gasteiger partial charge in [-0.3, -0.25) is 24.4 Å². The highest BCUT2D eigenvalue weighted by Crippen LogP contribution is 2.59. The number of aryl methyl sites for hydroxylation is 1. The summed E-state index contributed by atoms with van der Waals surface area (Å²) < 4.78 is 44.9. The standard InChI is InChI=1S/C43H53ClF2N8O5S2/c1-8-53-36(25-14-23(17-47-34(25)22(3)58-7)52-11-9-51(6)10-12-52)26-16-42(4,5)20-59-41(57)35-32-27(43(32,45)46)18-54(50-35)39(56)28(49-38(55)24-13-21(24)2)15-30-48-29(19-60-30)37-33(44)31(26)40(53)61-37/h14,17,19,21-22,24,27-28,32,35,50H,8-13,15-16,18,20H2,1-7H3,(H,49,55)/t21-,22-,24-,27-,28-,32-,35-/m0/s1. The second-order valence-corrected chi connectivity index (χ2v) is 20.6. The highest BCUT2D eigenvalue weighted by Gasteiger charge is 2.75. The summed E-state index contributed by atoms with van der Waals surface area (Å²) in [5.74, 6) is -7.51. The number of halogens is 3. The number of fused-ring (bicyclic) bond motifs is 8. The molecule has 13 nitrogen and oxygen atoms in total.